The van der Waals surface area contributed by atoms with Crippen molar-refractivity contribution in [2.24, 2.45) is 5.18 Å². The van der Waals surface area contributed by atoms with Gasteiger partial charge in [-0.3, -0.25) is 0 Å². The molecule has 0 unspecified atom stereocenters. The van der Waals surface area contributed by atoms with Crippen LogP contribution in [0.25, 0.3) is 0 Å². The molecular formula is C7H13NO2. The summed E-state index contributed by atoms with van der Waals surface area (Å²) in [5.74, 6) is 0. The third-order valence-electron chi connectivity index (χ3n) is 0.991. The minimum atomic E-state index is 0.260. The van der Waals surface area contributed by atoms with Gasteiger partial charge in [0.25, 0.3) is 0 Å². The molecule has 0 bridgehead atoms. The number of rotatable bonds is 6. The lowest BCUT2D eigenvalue weighted by Gasteiger charge is -1.95. The van der Waals surface area contributed by atoms with Crippen LogP contribution >= 0.6 is 0 Å². The van der Waals surface area contributed by atoms with E-state index < -0.39 is 0 Å². The number of nitrogens with zero attached hydrogens (tertiary/aromatic N) is 1. The normalized spacial score (nSPS) is 10.5. The van der Waals surface area contributed by atoms with Crippen molar-refractivity contribution < 1.29 is 4.74 Å². The molecule has 10 heavy (non-hydrogen) atoms. The zero-order valence-electron chi connectivity index (χ0n) is 6.25. The third-order valence-corrected chi connectivity index (χ3v) is 0.991. The first-order chi connectivity index (χ1) is 4.91. The van der Waals surface area contributed by atoms with Crippen LogP contribution in [0.5, 0.6) is 0 Å². The maximum Gasteiger partial charge on any atom is 0.104 e. The molecule has 0 spiro atoms. The molecule has 0 atom stereocenters. The molecule has 0 fully saturated rings. The van der Waals surface area contributed by atoms with Crippen molar-refractivity contribution in [3.8, 4) is 0 Å². The molecule has 0 rings (SSSR count). The fourth-order valence-electron chi connectivity index (χ4n) is 0.522. The smallest absolute Gasteiger partial charge is 0.104 e. The van der Waals surface area contributed by atoms with Crippen LogP contribution in [0.15, 0.2) is 17.3 Å². The quantitative estimate of drug-likeness (QED) is 0.322. The predicted molar refractivity (Wildman–Crippen MR) is 40.9 cm³/mol. The lowest BCUT2D eigenvalue weighted by atomic mass is 10.4. The molecular weight excluding hydrogens is 130 g/mol. The van der Waals surface area contributed by atoms with E-state index in [1.54, 1.807) is 0 Å². The fraction of sp³-hybridized carbons (Fsp3) is 0.714. The standard InChI is InChI=1S/C7H13NO2/c1-2-3-4-6-10-7-5-8-9/h2-3H,4-7H2,1H3. The van der Waals surface area contributed by atoms with E-state index in [2.05, 4.69) is 5.18 Å². The van der Waals surface area contributed by atoms with E-state index in [0.717, 1.165) is 6.42 Å². The van der Waals surface area contributed by atoms with Gasteiger partial charge in [0, 0.05) is 0 Å². The number of nitroso groups, excluding NO2 is 1. The van der Waals surface area contributed by atoms with Gasteiger partial charge in [-0.1, -0.05) is 17.3 Å². The molecule has 0 aliphatic rings. The SMILES string of the molecule is CC=CCCOCCN=O. The van der Waals surface area contributed by atoms with E-state index in [4.69, 9.17) is 4.74 Å². The van der Waals surface area contributed by atoms with Crippen LogP contribution in [0, 0.1) is 4.91 Å². The molecule has 58 valence electrons. The average molecular weight is 143 g/mol. The van der Waals surface area contributed by atoms with Gasteiger partial charge in [-0.15, -0.1) is 0 Å². The predicted octanol–water partition coefficient (Wildman–Crippen LogP) is 1.74. The van der Waals surface area contributed by atoms with Crippen molar-refractivity contribution in [3.05, 3.63) is 17.1 Å². The van der Waals surface area contributed by atoms with Gasteiger partial charge in [-0.25, -0.2) is 0 Å². The molecule has 0 N–H and O–H groups in total. The van der Waals surface area contributed by atoms with Crippen LogP contribution in [-0.4, -0.2) is 19.8 Å². The highest BCUT2D eigenvalue weighted by atomic mass is 16.5. The Morgan fingerprint density at radius 1 is 1.50 bits per heavy atom. The molecule has 0 radical (unpaired) electrons. The summed E-state index contributed by atoms with van der Waals surface area (Å²) < 4.78 is 5.03. The monoisotopic (exact) mass is 143 g/mol. The zero-order chi connectivity index (χ0) is 7.66. The molecule has 0 aromatic rings. The van der Waals surface area contributed by atoms with Gasteiger partial charge < -0.3 is 4.74 Å². The minimum Gasteiger partial charge on any atom is -0.379 e. The summed E-state index contributed by atoms with van der Waals surface area (Å²) in [6.07, 6.45) is 4.91. The van der Waals surface area contributed by atoms with Gasteiger partial charge in [0.2, 0.25) is 0 Å². The lowest BCUT2D eigenvalue weighted by molar-refractivity contribution is 0.146. The van der Waals surface area contributed by atoms with E-state index in [-0.39, 0.29) is 6.54 Å². The summed E-state index contributed by atoms with van der Waals surface area (Å²) in [5.41, 5.74) is 0. The Kier molecular flexibility index (Phi) is 7.72. The van der Waals surface area contributed by atoms with Crippen LogP contribution in [0.2, 0.25) is 0 Å². The number of ether oxygens (including phenoxy) is 1. The molecule has 0 aliphatic carbocycles. The first kappa shape index (κ1) is 9.30. The van der Waals surface area contributed by atoms with E-state index >= 15 is 0 Å². The molecule has 3 heteroatoms. The van der Waals surface area contributed by atoms with Crippen LogP contribution in [0.3, 0.4) is 0 Å². The van der Waals surface area contributed by atoms with Crippen LogP contribution in [0.1, 0.15) is 13.3 Å². The highest BCUT2D eigenvalue weighted by Gasteiger charge is 1.84. The highest BCUT2D eigenvalue weighted by molar-refractivity contribution is 4.75. The molecule has 0 aliphatic heterocycles. The fourth-order valence-corrected chi connectivity index (χ4v) is 0.522. The van der Waals surface area contributed by atoms with Crippen molar-refractivity contribution in [1.82, 2.24) is 0 Å². The van der Waals surface area contributed by atoms with E-state index in [9.17, 15) is 4.91 Å². The average Bonchev–Trinajstić information content (AvgIpc) is 1.97. The van der Waals surface area contributed by atoms with Gasteiger partial charge in [-0.2, -0.15) is 4.91 Å². The van der Waals surface area contributed by atoms with Crippen molar-refractivity contribution >= 4 is 0 Å². The van der Waals surface area contributed by atoms with Gasteiger partial charge >= 0.3 is 0 Å². The largest absolute Gasteiger partial charge is 0.379 e. The van der Waals surface area contributed by atoms with Crippen molar-refractivity contribution in [2.45, 2.75) is 13.3 Å². The molecule has 0 aromatic carbocycles. The summed E-state index contributed by atoms with van der Waals surface area (Å²) in [5, 5.41) is 2.66. The first-order valence-corrected chi connectivity index (χ1v) is 3.40. The van der Waals surface area contributed by atoms with Gasteiger partial charge in [0.1, 0.15) is 6.54 Å². The Hall–Kier alpha value is -0.700. The summed E-state index contributed by atoms with van der Waals surface area (Å²) in [6.45, 7) is 3.35. The van der Waals surface area contributed by atoms with Gasteiger partial charge in [-0.05, 0) is 13.3 Å². The topological polar surface area (TPSA) is 38.7 Å². The molecule has 0 saturated heterocycles. The molecule has 0 amide bonds. The molecule has 0 aromatic heterocycles. The zero-order valence-corrected chi connectivity index (χ0v) is 6.25. The molecule has 3 nitrogen and oxygen atoms in total. The Balaban J connectivity index is 2.83. The number of allylic oxidation sites excluding steroid dienone is 1. The van der Waals surface area contributed by atoms with E-state index in [0.29, 0.717) is 13.2 Å². The summed E-state index contributed by atoms with van der Waals surface area (Å²) >= 11 is 0. The van der Waals surface area contributed by atoms with Crippen molar-refractivity contribution in [2.75, 3.05) is 19.8 Å². The third kappa shape index (κ3) is 7.30. The minimum absolute atomic E-state index is 0.260. The Labute approximate surface area is 61.0 Å². The highest BCUT2D eigenvalue weighted by Crippen LogP contribution is 1.84. The summed E-state index contributed by atoms with van der Waals surface area (Å²) in [7, 11) is 0. The van der Waals surface area contributed by atoms with Gasteiger partial charge in [0.05, 0.1) is 13.2 Å². The van der Waals surface area contributed by atoms with Crippen LogP contribution in [0.4, 0.5) is 0 Å². The second kappa shape index (κ2) is 8.30. The van der Waals surface area contributed by atoms with Crippen molar-refractivity contribution in [1.29, 1.82) is 0 Å². The lowest BCUT2D eigenvalue weighted by Crippen LogP contribution is -1.98. The van der Waals surface area contributed by atoms with Crippen LogP contribution in [-0.2, 0) is 4.74 Å². The maximum atomic E-state index is 9.55. The second-order valence-corrected chi connectivity index (χ2v) is 1.82. The summed E-state index contributed by atoms with van der Waals surface area (Å²) in [6, 6.07) is 0. The van der Waals surface area contributed by atoms with Crippen LogP contribution < -0.4 is 0 Å². The van der Waals surface area contributed by atoms with Crippen molar-refractivity contribution in [3.63, 3.8) is 0 Å². The molecule has 0 saturated carbocycles. The number of hydrogen-bond acceptors (Lipinski definition) is 3. The Morgan fingerprint density at radius 3 is 2.90 bits per heavy atom. The molecule has 0 heterocycles. The summed E-state index contributed by atoms with van der Waals surface area (Å²) in [4.78, 5) is 9.55. The van der Waals surface area contributed by atoms with E-state index in [1.807, 2.05) is 19.1 Å². The first-order valence-electron chi connectivity index (χ1n) is 3.40. The second-order valence-electron chi connectivity index (χ2n) is 1.82. The number of hydrogen-bond donors (Lipinski definition) is 0. The van der Waals surface area contributed by atoms with E-state index in [1.165, 1.54) is 0 Å². The van der Waals surface area contributed by atoms with Gasteiger partial charge in [0.15, 0.2) is 0 Å². The maximum absolute atomic E-state index is 9.55. The Morgan fingerprint density at radius 2 is 2.30 bits per heavy atom. The Bertz CT molecular complexity index is 102.